The van der Waals surface area contributed by atoms with Gasteiger partial charge in [-0.15, -0.1) is 0 Å². The quantitative estimate of drug-likeness (QED) is 0.686. The molecule has 0 fully saturated rings. The van der Waals surface area contributed by atoms with Crippen molar-refractivity contribution in [1.29, 1.82) is 0 Å². The lowest BCUT2D eigenvalue weighted by atomic mass is 10.2. The Labute approximate surface area is 151 Å². The molecule has 25 heavy (non-hydrogen) atoms. The average molecular weight is 358 g/mol. The first-order valence-electron chi connectivity index (χ1n) is 7.98. The van der Waals surface area contributed by atoms with E-state index in [1.165, 1.54) is 4.57 Å². The zero-order valence-electron chi connectivity index (χ0n) is 14.6. The van der Waals surface area contributed by atoms with Gasteiger partial charge in [0.15, 0.2) is 5.82 Å². The molecule has 130 valence electrons. The number of para-hydroxylation sites is 2. The Kier molecular flexibility index (Phi) is 4.43. The highest BCUT2D eigenvalue weighted by Gasteiger charge is 2.24. The van der Waals surface area contributed by atoms with Crippen molar-refractivity contribution < 1.29 is 9.53 Å². The number of carbonyl (C=O) groups is 1. The SMILES string of the molecule is CNc1ccc(Cl)c(-c2nc3ccccc3n2C(=O)OC(C)(C)C)c1. The van der Waals surface area contributed by atoms with Crippen molar-refractivity contribution in [1.82, 2.24) is 9.55 Å². The van der Waals surface area contributed by atoms with Crippen LogP contribution in [0.1, 0.15) is 20.8 Å². The number of imidazole rings is 1. The van der Waals surface area contributed by atoms with Crippen LogP contribution in [0.2, 0.25) is 5.02 Å². The van der Waals surface area contributed by atoms with E-state index in [2.05, 4.69) is 10.3 Å². The lowest BCUT2D eigenvalue weighted by Gasteiger charge is -2.20. The molecule has 0 saturated carbocycles. The lowest BCUT2D eigenvalue weighted by Crippen LogP contribution is -2.27. The molecule has 2 aromatic carbocycles. The molecular formula is C19H20ClN3O2. The van der Waals surface area contributed by atoms with Gasteiger partial charge in [0.05, 0.1) is 16.1 Å². The molecule has 5 nitrogen and oxygen atoms in total. The van der Waals surface area contributed by atoms with Crippen LogP contribution in [0, 0.1) is 0 Å². The molecule has 0 aliphatic carbocycles. The van der Waals surface area contributed by atoms with Gasteiger partial charge < -0.3 is 10.1 Å². The second-order valence-corrected chi connectivity index (χ2v) is 7.09. The molecule has 0 unspecified atom stereocenters. The first-order chi connectivity index (χ1) is 11.8. The van der Waals surface area contributed by atoms with Gasteiger partial charge in [0.2, 0.25) is 0 Å². The molecule has 0 atom stereocenters. The summed E-state index contributed by atoms with van der Waals surface area (Å²) in [6.07, 6.45) is -0.484. The number of rotatable bonds is 2. The summed E-state index contributed by atoms with van der Waals surface area (Å²) >= 11 is 6.39. The number of ether oxygens (including phenoxy) is 1. The van der Waals surface area contributed by atoms with Crippen molar-refractivity contribution in [3.8, 4) is 11.4 Å². The molecular weight excluding hydrogens is 338 g/mol. The summed E-state index contributed by atoms with van der Waals surface area (Å²) in [6, 6.07) is 12.9. The third-order valence-electron chi connectivity index (χ3n) is 3.63. The normalized spacial score (nSPS) is 11.6. The Balaban J connectivity index is 2.25. The second kappa shape index (κ2) is 6.41. The van der Waals surface area contributed by atoms with Crippen LogP contribution in [-0.4, -0.2) is 28.3 Å². The van der Waals surface area contributed by atoms with Gasteiger partial charge in [-0.3, -0.25) is 0 Å². The van der Waals surface area contributed by atoms with E-state index < -0.39 is 11.7 Å². The van der Waals surface area contributed by atoms with E-state index in [1.54, 1.807) is 6.07 Å². The van der Waals surface area contributed by atoms with Crippen LogP contribution < -0.4 is 5.32 Å². The molecule has 0 aliphatic heterocycles. The van der Waals surface area contributed by atoms with E-state index in [4.69, 9.17) is 16.3 Å². The van der Waals surface area contributed by atoms with Crippen LogP contribution in [0.5, 0.6) is 0 Å². The minimum atomic E-state index is -0.615. The maximum Gasteiger partial charge on any atom is 0.420 e. The predicted molar refractivity (Wildman–Crippen MR) is 101 cm³/mol. The van der Waals surface area contributed by atoms with Crippen molar-refractivity contribution in [2.24, 2.45) is 0 Å². The number of nitrogens with zero attached hydrogens (tertiary/aromatic N) is 2. The Morgan fingerprint density at radius 3 is 2.60 bits per heavy atom. The summed E-state index contributed by atoms with van der Waals surface area (Å²) in [5.41, 5.74) is 2.31. The second-order valence-electron chi connectivity index (χ2n) is 6.68. The maximum atomic E-state index is 12.8. The number of carbonyl (C=O) groups excluding carboxylic acids is 1. The van der Waals surface area contributed by atoms with Gasteiger partial charge in [-0.2, -0.15) is 0 Å². The number of hydrogen-bond donors (Lipinski definition) is 1. The summed E-state index contributed by atoms with van der Waals surface area (Å²) in [5, 5.41) is 3.59. The maximum absolute atomic E-state index is 12.8. The molecule has 0 radical (unpaired) electrons. The number of halogens is 1. The molecule has 0 saturated heterocycles. The molecule has 0 bridgehead atoms. The lowest BCUT2D eigenvalue weighted by molar-refractivity contribution is 0.0546. The largest absolute Gasteiger partial charge is 0.443 e. The van der Waals surface area contributed by atoms with Crippen LogP contribution in [0.15, 0.2) is 42.5 Å². The zero-order chi connectivity index (χ0) is 18.2. The topological polar surface area (TPSA) is 56.2 Å². The summed E-state index contributed by atoms with van der Waals surface area (Å²) in [5.74, 6) is 0.456. The Morgan fingerprint density at radius 2 is 1.92 bits per heavy atom. The van der Waals surface area contributed by atoms with E-state index in [-0.39, 0.29) is 0 Å². The monoisotopic (exact) mass is 357 g/mol. The van der Waals surface area contributed by atoms with E-state index in [9.17, 15) is 4.79 Å². The summed E-state index contributed by atoms with van der Waals surface area (Å²) < 4.78 is 7.05. The van der Waals surface area contributed by atoms with Crippen molar-refractivity contribution >= 4 is 34.4 Å². The number of benzene rings is 2. The molecule has 1 N–H and O–H groups in total. The molecule has 1 aromatic heterocycles. The molecule has 3 rings (SSSR count). The first-order valence-corrected chi connectivity index (χ1v) is 8.36. The van der Waals surface area contributed by atoms with Crippen molar-refractivity contribution in [2.75, 3.05) is 12.4 Å². The van der Waals surface area contributed by atoms with Gasteiger partial charge >= 0.3 is 6.09 Å². The van der Waals surface area contributed by atoms with Crippen LogP contribution in [0.25, 0.3) is 22.4 Å². The highest BCUT2D eigenvalue weighted by molar-refractivity contribution is 6.33. The Bertz CT molecular complexity index is 941. The van der Waals surface area contributed by atoms with Crippen molar-refractivity contribution in [2.45, 2.75) is 26.4 Å². The number of nitrogens with one attached hydrogen (secondary N) is 1. The Hall–Kier alpha value is -2.53. The van der Waals surface area contributed by atoms with Crippen LogP contribution in [0.4, 0.5) is 10.5 Å². The van der Waals surface area contributed by atoms with Crippen molar-refractivity contribution in [3.05, 3.63) is 47.5 Å². The van der Waals surface area contributed by atoms with Crippen LogP contribution >= 0.6 is 11.6 Å². The van der Waals surface area contributed by atoms with Crippen molar-refractivity contribution in [3.63, 3.8) is 0 Å². The van der Waals surface area contributed by atoms with E-state index in [0.29, 0.717) is 27.4 Å². The fourth-order valence-corrected chi connectivity index (χ4v) is 2.75. The molecule has 1 heterocycles. The predicted octanol–water partition coefficient (Wildman–Crippen LogP) is 5.18. The van der Waals surface area contributed by atoms with E-state index in [0.717, 1.165) is 5.69 Å². The molecule has 6 heteroatoms. The minimum Gasteiger partial charge on any atom is -0.443 e. The highest BCUT2D eigenvalue weighted by atomic mass is 35.5. The van der Waals surface area contributed by atoms with Gasteiger partial charge in [0.1, 0.15) is 5.60 Å². The van der Waals surface area contributed by atoms with Crippen LogP contribution in [-0.2, 0) is 4.74 Å². The molecule has 0 aliphatic rings. The fraction of sp³-hybridized carbons (Fsp3) is 0.263. The molecule has 3 aromatic rings. The summed E-state index contributed by atoms with van der Waals surface area (Å²) in [7, 11) is 1.82. The van der Waals surface area contributed by atoms with Gasteiger partial charge in [-0.1, -0.05) is 23.7 Å². The molecule has 0 spiro atoms. The number of fused-ring (bicyclic) bond motifs is 1. The number of aromatic nitrogens is 2. The van der Waals surface area contributed by atoms with E-state index in [1.807, 2.05) is 64.2 Å². The zero-order valence-corrected chi connectivity index (χ0v) is 15.4. The summed E-state index contributed by atoms with van der Waals surface area (Å²) in [4.78, 5) is 17.5. The smallest absolute Gasteiger partial charge is 0.420 e. The van der Waals surface area contributed by atoms with Gasteiger partial charge in [-0.05, 0) is 51.1 Å². The Morgan fingerprint density at radius 1 is 1.20 bits per heavy atom. The molecule has 0 amide bonds. The van der Waals surface area contributed by atoms with Gasteiger partial charge in [0, 0.05) is 18.3 Å². The van der Waals surface area contributed by atoms with Gasteiger partial charge in [-0.25, -0.2) is 14.3 Å². The number of anilines is 1. The fourth-order valence-electron chi connectivity index (χ4n) is 2.55. The third-order valence-corrected chi connectivity index (χ3v) is 3.96. The average Bonchev–Trinajstić information content (AvgIpc) is 2.93. The summed E-state index contributed by atoms with van der Waals surface area (Å²) in [6.45, 7) is 5.49. The highest BCUT2D eigenvalue weighted by Crippen LogP contribution is 2.33. The standard InChI is InChI=1S/C19H20ClN3O2/c1-19(2,3)25-18(24)23-16-8-6-5-7-15(16)22-17(23)13-11-12(21-4)9-10-14(13)20/h5-11,21H,1-4H3. The van der Waals surface area contributed by atoms with E-state index >= 15 is 0 Å². The number of hydrogen-bond acceptors (Lipinski definition) is 4. The minimum absolute atomic E-state index is 0.456. The third kappa shape index (κ3) is 3.46. The first kappa shape index (κ1) is 17.3. The van der Waals surface area contributed by atoms with Crippen LogP contribution in [0.3, 0.4) is 0 Å². The van der Waals surface area contributed by atoms with Gasteiger partial charge in [0.25, 0.3) is 0 Å².